The number of fused-ring (bicyclic) bond motifs is 1. The molecule has 0 atom stereocenters. The van der Waals surface area contributed by atoms with Crippen LogP contribution in [-0.4, -0.2) is 22.0 Å². The lowest BCUT2D eigenvalue weighted by atomic mass is 9.98. The van der Waals surface area contributed by atoms with Gasteiger partial charge < -0.3 is 9.72 Å². The van der Waals surface area contributed by atoms with E-state index in [9.17, 15) is 9.59 Å². The summed E-state index contributed by atoms with van der Waals surface area (Å²) in [5.74, 6) is 0.184. The Hall–Kier alpha value is -2.47. The van der Waals surface area contributed by atoms with Crippen molar-refractivity contribution in [3.05, 3.63) is 50.6 Å². The largest absolute Gasteiger partial charge is 0.458 e. The molecule has 0 amide bonds. The minimum absolute atomic E-state index is 0.00930. The average Bonchev–Trinajstić information content (AvgIpc) is 3.00. The van der Waals surface area contributed by atoms with Crippen molar-refractivity contribution in [3.8, 4) is 11.4 Å². The first-order valence-corrected chi connectivity index (χ1v) is 10.2. The molecule has 2 aromatic heterocycles. The van der Waals surface area contributed by atoms with Gasteiger partial charge in [-0.1, -0.05) is 30.2 Å². The van der Waals surface area contributed by atoms with Crippen LogP contribution in [0.15, 0.2) is 29.1 Å². The van der Waals surface area contributed by atoms with Crippen LogP contribution in [0.2, 0.25) is 0 Å². The molecule has 0 unspecified atom stereocenters. The zero-order chi connectivity index (χ0) is 19.0. The molecule has 0 saturated heterocycles. The Kier molecular flexibility index (Phi) is 4.83. The second-order valence-electron chi connectivity index (χ2n) is 7.19. The third kappa shape index (κ3) is 3.54. The summed E-state index contributed by atoms with van der Waals surface area (Å²) in [6, 6.07) is 7.81. The highest BCUT2D eigenvalue weighted by Gasteiger charge is 2.24. The number of hydrogen-bond donors (Lipinski definition) is 1. The normalized spacial score (nSPS) is 15.2. The van der Waals surface area contributed by atoms with Crippen molar-refractivity contribution in [3.63, 3.8) is 0 Å². The van der Waals surface area contributed by atoms with Crippen LogP contribution in [0.4, 0.5) is 0 Å². The van der Waals surface area contributed by atoms with Crippen molar-refractivity contribution in [2.45, 2.75) is 52.1 Å². The fourth-order valence-electron chi connectivity index (χ4n) is 3.66. The highest BCUT2D eigenvalue weighted by atomic mass is 32.1. The van der Waals surface area contributed by atoms with Gasteiger partial charge in [0.1, 0.15) is 21.6 Å². The van der Waals surface area contributed by atoms with Crippen LogP contribution in [0.3, 0.4) is 0 Å². The maximum absolute atomic E-state index is 12.7. The van der Waals surface area contributed by atoms with E-state index in [4.69, 9.17) is 4.74 Å². The maximum atomic E-state index is 12.7. The molecule has 1 aliphatic carbocycles. The zero-order valence-electron chi connectivity index (χ0n) is 15.5. The van der Waals surface area contributed by atoms with Gasteiger partial charge in [-0.05, 0) is 51.2 Å². The molecule has 6 heteroatoms. The smallest absolute Gasteiger partial charge is 0.348 e. The Morgan fingerprint density at radius 2 is 2.00 bits per heavy atom. The van der Waals surface area contributed by atoms with Crippen molar-refractivity contribution in [2.24, 2.45) is 0 Å². The van der Waals surface area contributed by atoms with Crippen molar-refractivity contribution in [2.75, 3.05) is 0 Å². The minimum Gasteiger partial charge on any atom is -0.458 e. The predicted molar refractivity (Wildman–Crippen MR) is 107 cm³/mol. The Morgan fingerprint density at radius 3 is 2.74 bits per heavy atom. The molecule has 27 heavy (non-hydrogen) atoms. The van der Waals surface area contributed by atoms with Crippen LogP contribution in [0.1, 0.15) is 52.9 Å². The number of benzene rings is 1. The van der Waals surface area contributed by atoms with Crippen LogP contribution in [0, 0.1) is 13.8 Å². The molecule has 4 rings (SSSR count). The van der Waals surface area contributed by atoms with Crippen molar-refractivity contribution in [1.82, 2.24) is 9.97 Å². The summed E-state index contributed by atoms with van der Waals surface area (Å²) in [6.45, 7) is 3.79. The first-order chi connectivity index (χ1) is 13.0. The molecule has 2 heterocycles. The number of esters is 1. The summed E-state index contributed by atoms with van der Waals surface area (Å²) in [5.41, 5.74) is 2.38. The highest BCUT2D eigenvalue weighted by molar-refractivity contribution is 7.20. The average molecular weight is 382 g/mol. The van der Waals surface area contributed by atoms with Crippen molar-refractivity contribution in [1.29, 1.82) is 0 Å². The van der Waals surface area contributed by atoms with Crippen molar-refractivity contribution >= 4 is 27.5 Å². The number of rotatable bonds is 3. The summed E-state index contributed by atoms with van der Waals surface area (Å²) in [4.78, 5) is 33.8. The standard InChI is InChI=1S/C21H22N2O3S/c1-12-7-6-8-14(11-12)18-22-19(24)16-13(2)17(27-20(16)23-18)21(25)26-15-9-4-3-5-10-15/h6-8,11,15H,3-5,9-10H2,1-2H3,(H,22,23,24). The molecule has 1 N–H and O–H groups in total. The molecule has 140 valence electrons. The number of ether oxygens (including phenoxy) is 1. The predicted octanol–water partition coefficient (Wildman–Crippen LogP) is 4.76. The van der Waals surface area contributed by atoms with Crippen molar-refractivity contribution < 1.29 is 9.53 Å². The van der Waals surface area contributed by atoms with E-state index in [1.807, 2.05) is 31.2 Å². The summed E-state index contributed by atoms with van der Waals surface area (Å²) in [5, 5.41) is 0.479. The number of carbonyl (C=O) groups excluding carboxylic acids is 1. The van der Waals surface area contributed by atoms with Gasteiger partial charge in [-0.3, -0.25) is 4.79 Å². The minimum atomic E-state index is -0.334. The van der Waals surface area contributed by atoms with E-state index in [-0.39, 0.29) is 17.6 Å². The molecule has 5 nitrogen and oxygen atoms in total. The first-order valence-electron chi connectivity index (χ1n) is 9.34. The van der Waals surface area contributed by atoms with E-state index in [1.165, 1.54) is 17.8 Å². The Morgan fingerprint density at radius 1 is 1.22 bits per heavy atom. The number of nitrogens with one attached hydrogen (secondary N) is 1. The molecule has 1 aliphatic rings. The van der Waals surface area contributed by atoms with Gasteiger partial charge in [0, 0.05) is 5.56 Å². The van der Waals surface area contributed by atoms with Crippen LogP contribution in [-0.2, 0) is 4.74 Å². The lowest BCUT2D eigenvalue weighted by Crippen LogP contribution is -2.20. The van der Waals surface area contributed by atoms with Gasteiger partial charge in [0.15, 0.2) is 0 Å². The molecular weight excluding hydrogens is 360 g/mol. The monoisotopic (exact) mass is 382 g/mol. The molecule has 0 radical (unpaired) electrons. The molecule has 0 bridgehead atoms. The van der Waals surface area contributed by atoms with E-state index >= 15 is 0 Å². The van der Waals surface area contributed by atoms with Gasteiger partial charge in [-0.15, -0.1) is 11.3 Å². The molecule has 1 fully saturated rings. The molecule has 0 aliphatic heterocycles. The third-order valence-corrected chi connectivity index (χ3v) is 6.27. The third-order valence-electron chi connectivity index (χ3n) is 5.10. The number of nitrogens with zero attached hydrogens (tertiary/aromatic N) is 1. The van der Waals surface area contributed by atoms with Crippen LogP contribution < -0.4 is 5.56 Å². The summed E-state index contributed by atoms with van der Waals surface area (Å²) in [7, 11) is 0. The van der Waals surface area contributed by atoms with Gasteiger partial charge in [-0.2, -0.15) is 0 Å². The molecular formula is C21H22N2O3S. The van der Waals surface area contributed by atoms with E-state index in [1.54, 1.807) is 6.92 Å². The number of thiophene rings is 1. The number of aryl methyl sites for hydroxylation is 2. The zero-order valence-corrected chi connectivity index (χ0v) is 16.3. The second-order valence-corrected chi connectivity index (χ2v) is 8.18. The number of H-pyrrole nitrogens is 1. The fraction of sp³-hybridized carbons (Fsp3) is 0.381. The quantitative estimate of drug-likeness (QED) is 0.663. The van der Waals surface area contributed by atoms with Crippen LogP contribution in [0.25, 0.3) is 21.6 Å². The van der Waals surface area contributed by atoms with Crippen LogP contribution in [0.5, 0.6) is 0 Å². The van der Waals surface area contributed by atoms with Gasteiger partial charge in [0.25, 0.3) is 5.56 Å². The van der Waals surface area contributed by atoms with Gasteiger partial charge in [0.2, 0.25) is 0 Å². The topological polar surface area (TPSA) is 72.0 Å². The molecule has 0 spiro atoms. The fourth-order valence-corrected chi connectivity index (χ4v) is 4.72. The second kappa shape index (κ2) is 7.27. The highest BCUT2D eigenvalue weighted by Crippen LogP contribution is 2.30. The van der Waals surface area contributed by atoms with Gasteiger partial charge in [0.05, 0.1) is 5.39 Å². The lowest BCUT2D eigenvalue weighted by Gasteiger charge is -2.21. The molecule has 1 saturated carbocycles. The molecule has 3 aromatic rings. The van der Waals surface area contributed by atoms with Gasteiger partial charge >= 0.3 is 5.97 Å². The number of aromatic amines is 1. The van der Waals surface area contributed by atoms with E-state index in [2.05, 4.69) is 9.97 Å². The summed E-state index contributed by atoms with van der Waals surface area (Å²) < 4.78 is 5.69. The first kappa shape index (κ1) is 17.9. The van der Waals surface area contributed by atoms with Crippen LogP contribution >= 0.6 is 11.3 Å². The van der Waals surface area contributed by atoms with E-state index < -0.39 is 0 Å². The number of aromatic nitrogens is 2. The Bertz CT molecular complexity index is 1060. The molecule has 1 aromatic carbocycles. The van der Waals surface area contributed by atoms with Gasteiger partial charge in [-0.25, -0.2) is 9.78 Å². The SMILES string of the molecule is Cc1cccc(-c2nc3sc(C(=O)OC4CCCCC4)c(C)c3c(=O)[nH]2)c1. The van der Waals surface area contributed by atoms with E-state index in [0.29, 0.717) is 26.5 Å². The summed E-state index contributed by atoms with van der Waals surface area (Å²) in [6.07, 6.45) is 5.24. The Balaban J connectivity index is 1.71. The number of hydrogen-bond acceptors (Lipinski definition) is 5. The van der Waals surface area contributed by atoms with E-state index in [0.717, 1.165) is 36.8 Å². The maximum Gasteiger partial charge on any atom is 0.348 e. The number of carbonyl (C=O) groups is 1. The Labute approximate surface area is 161 Å². The lowest BCUT2D eigenvalue weighted by molar-refractivity contribution is 0.0216. The summed E-state index contributed by atoms with van der Waals surface area (Å²) >= 11 is 1.24.